The third-order valence-corrected chi connectivity index (χ3v) is 3.74. The van der Waals surface area contributed by atoms with Crippen LogP contribution in [0.3, 0.4) is 0 Å². The summed E-state index contributed by atoms with van der Waals surface area (Å²) in [7, 11) is 0. The van der Waals surface area contributed by atoms with Crippen LogP contribution in [0.15, 0.2) is 0 Å². The molecule has 2 aliphatic rings. The Balaban J connectivity index is 1.94. The van der Waals surface area contributed by atoms with Crippen LogP contribution in [-0.2, 0) is 9.59 Å². The number of hydrogen-bond donors (Lipinski definition) is 1. The van der Waals surface area contributed by atoms with E-state index in [1.165, 1.54) is 4.90 Å². The number of rotatable bonds is 5. The molecule has 4 nitrogen and oxygen atoms in total. The second kappa shape index (κ2) is 5.20. The van der Waals surface area contributed by atoms with Crippen molar-refractivity contribution in [2.24, 2.45) is 11.8 Å². The maximum absolute atomic E-state index is 12.4. The highest BCUT2D eigenvalue weighted by Crippen LogP contribution is 2.36. The monoisotopic (exact) mass is 261 g/mol. The number of carboxylic acid groups (broad SMARTS) is 1. The number of nitrogens with zero attached hydrogens (tertiary/aromatic N) is 1. The normalized spacial score (nSPS) is 27.5. The molecule has 102 valence electrons. The van der Waals surface area contributed by atoms with E-state index in [0.717, 1.165) is 12.8 Å². The molecule has 0 aliphatic heterocycles. The lowest BCUT2D eigenvalue weighted by Gasteiger charge is -2.25. The van der Waals surface area contributed by atoms with E-state index in [1.807, 2.05) is 0 Å². The summed E-state index contributed by atoms with van der Waals surface area (Å²) in [6, 6.07) is -0.0459. The minimum absolute atomic E-state index is 0.0459. The van der Waals surface area contributed by atoms with Crippen LogP contribution in [0.1, 0.15) is 32.1 Å². The zero-order chi connectivity index (χ0) is 13.3. The van der Waals surface area contributed by atoms with Crippen LogP contribution >= 0.6 is 0 Å². The smallest absolute Gasteiger partial charge is 0.306 e. The Morgan fingerprint density at radius 3 is 2.22 bits per heavy atom. The predicted octanol–water partition coefficient (Wildman–Crippen LogP) is 1.74. The second-order valence-electron chi connectivity index (χ2n) is 5.16. The molecule has 0 heterocycles. The molecule has 1 amide bonds. The van der Waals surface area contributed by atoms with E-state index < -0.39 is 24.9 Å². The van der Waals surface area contributed by atoms with Gasteiger partial charge in [-0.2, -0.15) is 0 Å². The minimum Gasteiger partial charge on any atom is -0.481 e. The highest BCUT2D eigenvalue weighted by molar-refractivity contribution is 5.81. The molecule has 2 atom stereocenters. The first-order valence-electron chi connectivity index (χ1n) is 6.30. The highest BCUT2D eigenvalue weighted by atomic mass is 19.3. The zero-order valence-corrected chi connectivity index (χ0v) is 10.0. The summed E-state index contributed by atoms with van der Waals surface area (Å²) in [6.45, 7) is -0.516. The third kappa shape index (κ3) is 2.97. The topological polar surface area (TPSA) is 57.6 Å². The molecule has 2 aliphatic carbocycles. The van der Waals surface area contributed by atoms with E-state index in [0.29, 0.717) is 19.3 Å². The lowest BCUT2D eigenvalue weighted by atomic mass is 10.0. The Labute approximate surface area is 104 Å². The molecular weight excluding hydrogens is 244 g/mol. The molecule has 0 aromatic carbocycles. The minimum atomic E-state index is -2.52. The van der Waals surface area contributed by atoms with Crippen molar-refractivity contribution in [1.82, 2.24) is 4.90 Å². The van der Waals surface area contributed by atoms with Gasteiger partial charge >= 0.3 is 5.97 Å². The fourth-order valence-corrected chi connectivity index (χ4v) is 2.62. The van der Waals surface area contributed by atoms with E-state index in [9.17, 15) is 18.4 Å². The number of carbonyl (C=O) groups is 2. The maximum Gasteiger partial charge on any atom is 0.306 e. The second-order valence-corrected chi connectivity index (χ2v) is 5.16. The van der Waals surface area contributed by atoms with Crippen LogP contribution < -0.4 is 0 Å². The summed E-state index contributed by atoms with van der Waals surface area (Å²) in [5, 5.41) is 8.87. The lowest BCUT2D eigenvalue weighted by Crippen LogP contribution is -2.40. The summed E-state index contributed by atoms with van der Waals surface area (Å²) in [6.07, 6.45) is 0.314. The molecular formula is C12H17F2NO3. The lowest BCUT2D eigenvalue weighted by molar-refractivity contribution is -0.142. The third-order valence-electron chi connectivity index (χ3n) is 3.74. The summed E-state index contributed by atoms with van der Waals surface area (Å²) >= 11 is 0. The number of alkyl halides is 2. The van der Waals surface area contributed by atoms with Gasteiger partial charge in [0.05, 0.1) is 12.5 Å². The molecule has 2 fully saturated rings. The van der Waals surface area contributed by atoms with Gasteiger partial charge in [-0.3, -0.25) is 9.59 Å². The SMILES string of the molecule is O=C(O)[C@@H]1CC[C@H](C(=O)N(CC(F)F)C2CC2)C1. The van der Waals surface area contributed by atoms with Gasteiger partial charge < -0.3 is 10.0 Å². The van der Waals surface area contributed by atoms with Gasteiger partial charge in [0.25, 0.3) is 6.43 Å². The van der Waals surface area contributed by atoms with Gasteiger partial charge in [0.1, 0.15) is 0 Å². The summed E-state index contributed by atoms with van der Waals surface area (Å²) in [5.74, 6) is -2.05. The number of amides is 1. The first-order valence-corrected chi connectivity index (χ1v) is 6.30. The number of halogens is 2. The summed E-state index contributed by atoms with van der Waals surface area (Å²) in [4.78, 5) is 24.2. The molecule has 0 aromatic heterocycles. The van der Waals surface area contributed by atoms with Crippen molar-refractivity contribution in [2.75, 3.05) is 6.54 Å². The first-order chi connectivity index (χ1) is 8.49. The Morgan fingerprint density at radius 1 is 1.17 bits per heavy atom. The van der Waals surface area contributed by atoms with Crippen molar-refractivity contribution < 1.29 is 23.5 Å². The molecule has 2 saturated carbocycles. The number of aliphatic carboxylic acids is 1. The highest BCUT2D eigenvalue weighted by Gasteiger charge is 2.41. The quantitative estimate of drug-likeness (QED) is 0.820. The first kappa shape index (κ1) is 13.2. The molecule has 0 unspecified atom stereocenters. The van der Waals surface area contributed by atoms with Crippen LogP contribution in [0.4, 0.5) is 8.78 Å². The summed E-state index contributed by atoms with van der Waals surface area (Å²) < 4.78 is 24.9. The molecule has 1 N–H and O–H groups in total. The van der Waals surface area contributed by atoms with E-state index in [-0.39, 0.29) is 17.9 Å². The van der Waals surface area contributed by atoms with Crippen molar-refractivity contribution in [2.45, 2.75) is 44.6 Å². The number of carbonyl (C=O) groups excluding carboxylic acids is 1. The van der Waals surface area contributed by atoms with Crippen LogP contribution in [0.25, 0.3) is 0 Å². The average molecular weight is 261 g/mol. The molecule has 0 bridgehead atoms. The Hall–Kier alpha value is -1.20. The molecule has 18 heavy (non-hydrogen) atoms. The van der Waals surface area contributed by atoms with Crippen molar-refractivity contribution in [1.29, 1.82) is 0 Å². The van der Waals surface area contributed by atoms with Crippen molar-refractivity contribution >= 4 is 11.9 Å². The Morgan fingerprint density at radius 2 is 1.78 bits per heavy atom. The van der Waals surface area contributed by atoms with Gasteiger partial charge in [-0.15, -0.1) is 0 Å². The molecule has 0 aromatic rings. The largest absolute Gasteiger partial charge is 0.481 e. The van der Waals surface area contributed by atoms with Crippen molar-refractivity contribution in [3.8, 4) is 0 Å². The van der Waals surface area contributed by atoms with E-state index in [4.69, 9.17) is 5.11 Å². The van der Waals surface area contributed by atoms with Crippen LogP contribution in [0.5, 0.6) is 0 Å². The molecule has 0 saturated heterocycles. The van der Waals surface area contributed by atoms with Crippen LogP contribution in [0, 0.1) is 11.8 Å². The zero-order valence-electron chi connectivity index (χ0n) is 10.0. The van der Waals surface area contributed by atoms with Gasteiger partial charge in [-0.1, -0.05) is 0 Å². The van der Waals surface area contributed by atoms with Crippen LogP contribution in [0.2, 0.25) is 0 Å². The standard InChI is InChI=1S/C12H17F2NO3/c13-10(14)6-15(9-3-4-9)11(16)7-1-2-8(5-7)12(17)18/h7-10H,1-6H2,(H,17,18)/t7-,8+/m0/s1. The molecule has 2 rings (SSSR count). The maximum atomic E-state index is 12.4. The predicted molar refractivity (Wildman–Crippen MR) is 59.2 cm³/mol. The van der Waals surface area contributed by atoms with Gasteiger partial charge in [0.15, 0.2) is 0 Å². The van der Waals surface area contributed by atoms with E-state index >= 15 is 0 Å². The Kier molecular flexibility index (Phi) is 3.82. The average Bonchev–Trinajstić information content (AvgIpc) is 3.00. The van der Waals surface area contributed by atoms with Gasteiger partial charge in [-0.25, -0.2) is 8.78 Å². The van der Waals surface area contributed by atoms with Gasteiger partial charge in [0.2, 0.25) is 5.91 Å². The number of carboxylic acids is 1. The van der Waals surface area contributed by atoms with E-state index in [2.05, 4.69) is 0 Å². The summed E-state index contributed by atoms with van der Waals surface area (Å²) in [5.41, 5.74) is 0. The van der Waals surface area contributed by atoms with Crippen molar-refractivity contribution in [3.63, 3.8) is 0 Å². The van der Waals surface area contributed by atoms with Gasteiger partial charge in [0, 0.05) is 12.0 Å². The fourth-order valence-electron chi connectivity index (χ4n) is 2.62. The Bertz CT molecular complexity index is 344. The van der Waals surface area contributed by atoms with Crippen molar-refractivity contribution in [3.05, 3.63) is 0 Å². The molecule has 0 spiro atoms. The fraction of sp³-hybridized carbons (Fsp3) is 0.833. The molecule has 6 heteroatoms. The van der Waals surface area contributed by atoms with Crippen LogP contribution in [-0.4, -0.2) is 40.9 Å². The van der Waals surface area contributed by atoms with E-state index in [1.54, 1.807) is 0 Å². The molecule has 0 radical (unpaired) electrons. The van der Waals surface area contributed by atoms with Gasteiger partial charge in [-0.05, 0) is 32.1 Å². The number of hydrogen-bond acceptors (Lipinski definition) is 2.